The van der Waals surface area contributed by atoms with Gasteiger partial charge in [0.1, 0.15) is 11.5 Å². The molecule has 1 atom stereocenters. The molecule has 2 aromatic heterocycles. The molecule has 0 aliphatic heterocycles. The lowest BCUT2D eigenvalue weighted by molar-refractivity contribution is 0.509. The fourth-order valence-corrected chi connectivity index (χ4v) is 2.99. The summed E-state index contributed by atoms with van der Waals surface area (Å²) in [5.41, 5.74) is 4.57. The maximum absolute atomic E-state index is 5.92. The average molecular weight is 276 g/mol. The van der Waals surface area contributed by atoms with Crippen molar-refractivity contribution >= 4 is 0 Å². The predicted octanol–water partition coefficient (Wildman–Crippen LogP) is 3.93. The van der Waals surface area contributed by atoms with Crippen LogP contribution in [0.25, 0.3) is 11.6 Å². The van der Waals surface area contributed by atoms with Gasteiger partial charge in [-0.05, 0) is 30.5 Å². The molecule has 0 amide bonds. The highest BCUT2D eigenvalue weighted by molar-refractivity contribution is 5.48. The van der Waals surface area contributed by atoms with Crippen LogP contribution >= 0.6 is 0 Å². The predicted molar refractivity (Wildman–Crippen MR) is 81.1 cm³/mol. The minimum atomic E-state index is 0.490. The van der Waals surface area contributed by atoms with E-state index in [0.717, 1.165) is 30.0 Å². The Bertz CT molecular complexity index is 753. The van der Waals surface area contributed by atoms with Crippen LogP contribution < -0.4 is 0 Å². The molecule has 1 aromatic carbocycles. The summed E-state index contributed by atoms with van der Waals surface area (Å²) in [6, 6.07) is 14.5. The van der Waals surface area contributed by atoms with Crippen molar-refractivity contribution < 1.29 is 4.42 Å². The van der Waals surface area contributed by atoms with Crippen molar-refractivity contribution in [1.82, 2.24) is 9.97 Å². The fraction of sp³-hybridized carbons (Fsp3) is 0.222. The van der Waals surface area contributed by atoms with Crippen LogP contribution in [0, 0.1) is 6.92 Å². The van der Waals surface area contributed by atoms with Crippen molar-refractivity contribution in [3.8, 4) is 11.6 Å². The van der Waals surface area contributed by atoms with Crippen LogP contribution in [0.1, 0.15) is 28.5 Å². The van der Waals surface area contributed by atoms with Crippen molar-refractivity contribution in [2.75, 3.05) is 0 Å². The molecule has 0 fully saturated rings. The van der Waals surface area contributed by atoms with E-state index in [1.54, 1.807) is 6.20 Å². The monoisotopic (exact) mass is 276 g/mol. The lowest BCUT2D eigenvalue weighted by Gasteiger charge is -2.09. The van der Waals surface area contributed by atoms with Gasteiger partial charge in [-0.3, -0.25) is 4.98 Å². The first-order valence-electron chi connectivity index (χ1n) is 7.26. The molecule has 1 aliphatic carbocycles. The van der Waals surface area contributed by atoms with Crippen molar-refractivity contribution in [3.63, 3.8) is 0 Å². The standard InChI is InChI=1S/C18H16N2O/c1-12-5-4-6-13(9-12)14-10-16-17(11-14)21-18(20-16)15-7-2-3-8-19-15/h2-9,14H,10-11H2,1H3. The van der Waals surface area contributed by atoms with Crippen molar-refractivity contribution in [2.45, 2.75) is 25.7 Å². The number of benzene rings is 1. The largest absolute Gasteiger partial charge is 0.440 e. The van der Waals surface area contributed by atoms with Crippen LogP contribution in [0.5, 0.6) is 0 Å². The molecule has 21 heavy (non-hydrogen) atoms. The Morgan fingerprint density at radius 3 is 2.81 bits per heavy atom. The van der Waals surface area contributed by atoms with Gasteiger partial charge in [0, 0.05) is 19.0 Å². The summed E-state index contributed by atoms with van der Waals surface area (Å²) in [7, 11) is 0. The van der Waals surface area contributed by atoms with Crippen LogP contribution in [-0.4, -0.2) is 9.97 Å². The summed E-state index contributed by atoms with van der Waals surface area (Å²) in [6.45, 7) is 2.13. The van der Waals surface area contributed by atoms with Crippen molar-refractivity contribution in [3.05, 3.63) is 71.2 Å². The number of nitrogens with zero attached hydrogens (tertiary/aromatic N) is 2. The maximum Gasteiger partial charge on any atom is 0.245 e. The van der Waals surface area contributed by atoms with Crippen LogP contribution in [0.15, 0.2) is 53.1 Å². The summed E-state index contributed by atoms with van der Waals surface area (Å²) < 4.78 is 5.92. The van der Waals surface area contributed by atoms with Gasteiger partial charge in [0.15, 0.2) is 0 Å². The zero-order valence-electron chi connectivity index (χ0n) is 11.9. The number of fused-ring (bicyclic) bond motifs is 1. The first-order chi connectivity index (χ1) is 10.3. The van der Waals surface area contributed by atoms with Crippen LogP contribution in [0.4, 0.5) is 0 Å². The Kier molecular flexibility index (Phi) is 2.85. The summed E-state index contributed by atoms with van der Waals surface area (Å²) >= 11 is 0. The summed E-state index contributed by atoms with van der Waals surface area (Å²) in [5.74, 6) is 2.15. The van der Waals surface area contributed by atoms with Gasteiger partial charge in [-0.2, -0.15) is 0 Å². The van der Waals surface area contributed by atoms with Crippen LogP contribution in [-0.2, 0) is 12.8 Å². The Labute approximate surface area is 123 Å². The molecule has 4 rings (SSSR count). The third-order valence-electron chi connectivity index (χ3n) is 4.05. The molecule has 0 saturated carbocycles. The molecule has 3 heteroatoms. The Morgan fingerprint density at radius 1 is 1.10 bits per heavy atom. The highest BCUT2D eigenvalue weighted by atomic mass is 16.4. The van der Waals surface area contributed by atoms with Gasteiger partial charge in [-0.25, -0.2) is 4.98 Å². The van der Waals surface area contributed by atoms with Crippen molar-refractivity contribution in [1.29, 1.82) is 0 Å². The number of aromatic nitrogens is 2. The van der Waals surface area contributed by atoms with E-state index in [2.05, 4.69) is 41.2 Å². The zero-order valence-corrected chi connectivity index (χ0v) is 11.9. The Morgan fingerprint density at radius 2 is 2.05 bits per heavy atom. The van der Waals surface area contributed by atoms with E-state index in [0.29, 0.717) is 11.8 Å². The minimum absolute atomic E-state index is 0.490. The molecule has 0 saturated heterocycles. The van der Waals surface area contributed by atoms with Gasteiger partial charge in [-0.1, -0.05) is 35.9 Å². The number of hydrogen-bond donors (Lipinski definition) is 0. The van der Waals surface area contributed by atoms with Gasteiger partial charge in [0.25, 0.3) is 0 Å². The minimum Gasteiger partial charge on any atom is -0.440 e. The highest BCUT2D eigenvalue weighted by Gasteiger charge is 2.29. The molecule has 1 unspecified atom stereocenters. The fourth-order valence-electron chi connectivity index (χ4n) is 2.99. The second-order valence-corrected chi connectivity index (χ2v) is 5.62. The molecule has 3 nitrogen and oxygen atoms in total. The lowest BCUT2D eigenvalue weighted by Crippen LogP contribution is -1.99. The molecular weight excluding hydrogens is 260 g/mol. The third kappa shape index (κ3) is 2.25. The molecule has 0 N–H and O–H groups in total. The highest BCUT2D eigenvalue weighted by Crippen LogP contribution is 2.36. The number of rotatable bonds is 2. The summed E-state index contributed by atoms with van der Waals surface area (Å²) in [5, 5.41) is 0. The number of oxazole rings is 1. The van der Waals surface area contributed by atoms with Crippen LogP contribution in [0.3, 0.4) is 0 Å². The summed E-state index contributed by atoms with van der Waals surface area (Å²) in [4.78, 5) is 8.92. The third-order valence-corrected chi connectivity index (χ3v) is 4.05. The van der Waals surface area contributed by atoms with Gasteiger partial charge < -0.3 is 4.42 Å². The van der Waals surface area contributed by atoms with E-state index in [1.807, 2.05) is 18.2 Å². The molecular formula is C18H16N2O. The van der Waals surface area contributed by atoms with Gasteiger partial charge in [-0.15, -0.1) is 0 Å². The molecule has 2 heterocycles. The SMILES string of the molecule is Cc1cccc(C2Cc3nc(-c4ccccn4)oc3C2)c1. The van der Waals surface area contributed by atoms with E-state index in [9.17, 15) is 0 Å². The number of hydrogen-bond acceptors (Lipinski definition) is 3. The van der Waals surface area contributed by atoms with E-state index in [-0.39, 0.29) is 0 Å². The van der Waals surface area contributed by atoms with Gasteiger partial charge >= 0.3 is 0 Å². The molecule has 0 bridgehead atoms. The molecule has 0 radical (unpaired) electrons. The smallest absolute Gasteiger partial charge is 0.245 e. The van der Waals surface area contributed by atoms with E-state index < -0.39 is 0 Å². The average Bonchev–Trinajstić information content (AvgIpc) is 3.07. The number of pyridine rings is 1. The first kappa shape index (κ1) is 12.3. The van der Waals surface area contributed by atoms with Gasteiger partial charge in [0.2, 0.25) is 5.89 Å². The summed E-state index contributed by atoms with van der Waals surface area (Å²) in [6.07, 6.45) is 3.65. The zero-order chi connectivity index (χ0) is 14.2. The normalized spacial score (nSPS) is 16.9. The van der Waals surface area contributed by atoms with E-state index in [4.69, 9.17) is 4.42 Å². The number of aryl methyl sites for hydroxylation is 1. The Balaban J connectivity index is 1.60. The second-order valence-electron chi connectivity index (χ2n) is 5.62. The van der Waals surface area contributed by atoms with Crippen molar-refractivity contribution in [2.24, 2.45) is 0 Å². The molecule has 0 spiro atoms. The first-order valence-corrected chi connectivity index (χ1v) is 7.26. The topological polar surface area (TPSA) is 38.9 Å². The maximum atomic E-state index is 5.92. The Hall–Kier alpha value is -2.42. The lowest BCUT2D eigenvalue weighted by atomic mass is 9.95. The molecule has 104 valence electrons. The molecule has 1 aliphatic rings. The van der Waals surface area contributed by atoms with Crippen LogP contribution in [0.2, 0.25) is 0 Å². The quantitative estimate of drug-likeness (QED) is 0.712. The van der Waals surface area contributed by atoms with E-state index in [1.165, 1.54) is 11.1 Å². The molecule has 3 aromatic rings. The van der Waals surface area contributed by atoms with E-state index >= 15 is 0 Å². The van der Waals surface area contributed by atoms with Gasteiger partial charge in [0.05, 0.1) is 5.69 Å². The second kappa shape index (κ2) is 4.85.